The molecule has 0 N–H and O–H groups in total. The van der Waals surface area contributed by atoms with Crippen LogP contribution in [0.1, 0.15) is 33.3 Å². The molecule has 0 aliphatic carbocycles. The minimum absolute atomic E-state index is 0.0245. The first-order chi connectivity index (χ1) is 11.3. The summed E-state index contributed by atoms with van der Waals surface area (Å²) in [6, 6.07) is 4.85. The van der Waals surface area contributed by atoms with Crippen LogP contribution < -0.4 is 4.74 Å². The number of aromatic nitrogens is 1. The highest BCUT2D eigenvalue weighted by molar-refractivity contribution is 6.48. The lowest BCUT2D eigenvalue weighted by atomic mass is 10.1. The van der Waals surface area contributed by atoms with E-state index in [4.69, 9.17) is 44.3 Å². The molecule has 8 heteroatoms. The maximum Gasteiger partial charge on any atom is 0.358 e. The second-order valence-corrected chi connectivity index (χ2v) is 5.90. The number of carbonyl (C=O) groups excluding carboxylic acids is 2. The van der Waals surface area contributed by atoms with E-state index in [1.54, 1.807) is 18.2 Å². The highest BCUT2D eigenvalue weighted by atomic mass is 35.5. The molecule has 0 atom stereocenters. The van der Waals surface area contributed by atoms with Gasteiger partial charge in [-0.2, -0.15) is 0 Å². The molecule has 1 aromatic carbocycles. The van der Waals surface area contributed by atoms with Gasteiger partial charge in [0.2, 0.25) is 0 Å². The Kier molecular flexibility index (Phi) is 6.04. The predicted molar refractivity (Wildman–Crippen MR) is 91.4 cm³/mol. The molecule has 0 fully saturated rings. The highest BCUT2D eigenvalue weighted by Gasteiger charge is 2.19. The van der Waals surface area contributed by atoms with Gasteiger partial charge in [0, 0.05) is 17.3 Å². The second-order valence-electron chi connectivity index (χ2n) is 4.74. The maximum atomic E-state index is 12.1. The second kappa shape index (κ2) is 7.83. The molecule has 2 rings (SSSR count). The third-order valence-corrected chi connectivity index (χ3v) is 4.40. The molecule has 0 aliphatic heterocycles. The standard InChI is InChI=1S/C16H12Cl3NO4/c1-8(21)9-3-4-12(23-2)10(5-9)7-24-16(22)15-14(19)13(18)11(17)6-20-15/h3-6H,7H2,1-2H3. The van der Waals surface area contributed by atoms with Crippen molar-refractivity contribution in [2.24, 2.45) is 0 Å². The van der Waals surface area contributed by atoms with Gasteiger partial charge < -0.3 is 9.47 Å². The molecule has 0 saturated heterocycles. The minimum Gasteiger partial charge on any atom is -0.496 e. The third-order valence-electron chi connectivity index (χ3n) is 3.16. The molecule has 0 aliphatic rings. The van der Waals surface area contributed by atoms with E-state index in [-0.39, 0.29) is 33.2 Å². The minimum atomic E-state index is -0.770. The fourth-order valence-corrected chi connectivity index (χ4v) is 2.47. The molecule has 0 saturated carbocycles. The fourth-order valence-electron chi connectivity index (χ4n) is 1.91. The van der Waals surface area contributed by atoms with Gasteiger partial charge in [0.25, 0.3) is 0 Å². The van der Waals surface area contributed by atoms with E-state index in [1.807, 2.05) is 0 Å². The number of pyridine rings is 1. The summed E-state index contributed by atoms with van der Waals surface area (Å²) in [5, 5.41) is 0.0732. The molecule has 1 aromatic heterocycles. The molecule has 24 heavy (non-hydrogen) atoms. The summed E-state index contributed by atoms with van der Waals surface area (Å²) in [5.41, 5.74) is 0.870. The number of ether oxygens (including phenoxy) is 2. The van der Waals surface area contributed by atoms with Crippen LogP contribution in [0.25, 0.3) is 0 Å². The van der Waals surface area contributed by atoms with Gasteiger partial charge in [-0.15, -0.1) is 0 Å². The number of benzene rings is 1. The number of hydrogen-bond donors (Lipinski definition) is 0. The van der Waals surface area contributed by atoms with E-state index < -0.39 is 5.97 Å². The zero-order valence-corrected chi connectivity index (χ0v) is 15.0. The van der Waals surface area contributed by atoms with Crippen molar-refractivity contribution in [1.82, 2.24) is 4.98 Å². The van der Waals surface area contributed by atoms with Crippen molar-refractivity contribution in [2.45, 2.75) is 13.5 Å². The Morgan fingerprint density at radius 1 is 1.17 bits per heavy atom. The number of hydrogen-bond acceptors (Lipinski definition) is 5. The van der Waals surface area contributed by atoms with Gasteiger partial charge in [-0.1, -0.05) is 34.8 Å². The third kappa shape index (κ3) is 3.98. The average molecular weight is 389 g/mol. The first kappa shape index (κ1) is 18.5. The first-order valence-electron chi connectivity index (χ1n) is 6.69. The largest absolute Gasteiger partial charge is 0.496 e. The van der Waals surface area contributed by atoms with Crippen LogP contribution in [0.4, 0.5) is 0 Å². The van der Waals surface area contributed by atoms with Crippen molar-refractivity contribution in [3.05, 3.63) is 56.3 Å². The Morgan fingerprint density at radius 3 is 2.50 bits per heavy atom. The summed E-state index contributed by atoms with van der Waals surface area (Å²) in [6.45, 7) is 1.32. The van der Waals surface area contributed by atoms with Crippen LogP contribution in [-0.4, -0.2) is 23.8 Å². The van der Waals surface area contributed by atoms with Crippen LogP contribution in [0.3, 0.4) is 0 Å². The summed E-state index contributed by atoms with van der Waals surface area (Å²) in [5.74, 6) is -0.394. The van der Waals surface area contributed by atoms with E-state index in [2.05, 4.69) is 4.98 Å². The molecular formula is C16H12Cl3NO4. The molecule has 0 amide bonds. The monoisotopic (exact) mass is 387 g/mol. The van der Waals surface area contributed by atoms with Gasteiger partial charge in [0.1, 0.15) is 12.4 Å². The summed E-state index contributed by atoms with van der Waals surface area (Å²) in [4.78, 5) is 27.4. The number of Topliss-reactive ketones (excluding diaryl/α,β-unsaturated/α-hetero) is 1. The summed E-state index contributed by atoms with van der Waals surface area (Å²) < 4.78 is 10.4. The van der Waals surface area contributed by atoms with Crippen LogP contribution in [0.5, 0.6) is 5.75 Å². The number of ketones is 1. The van der Waals surface area contributed by atoms with Crippen LogP contribution in [0, 0.1) is 0 Å². The Hall–Kier alpha value is -1.82. The van der Waals surface area contributed by atoms with E-state index in [1.165, 1.54) is 20.2 Å². The first-order valence-corrected chi connectivity index (χ1v) is 7.83. The van der Waals surface area contributed by atoms with E-state index >= 15 is 0 Å². The van der Waals surface area contributed by atoms with E-state index in [9.17, 15) is 9.59 Å². The van der Waals surface area contributed by atoms with Gasteiger partial charge in [-0.05, 0) is 25.1 Å². The topological polar surface area (TPSA) is 65.5 Å². The summed E-state index contributed by atoms with van der Waals surface area (Å²) in [7, 11) is 1.48. The Balaban J connectivity index is 2.22. The highest BCUT2D eigenvalue weighted by Crippen LogP contribution is 2.31. The van der Waals surface area contributed by atoms with Crippen molar-refractivity contribution >= 4 is 46.6 Å². The number of esters is 1. The zero-order valence-electron chi connectivity index (χ0n) is 12.7. The lowest BCUT2D eigenvalue weighted by Crippen LogP contribution is -2.09. The number of halogens is 3. The van der Waals surface area contributed by atoms with Gasteiger partial charge in [0.05, 0.1) is 22.2 Å². The SMILES string of the molecule is COc1ccc(C(C)=O)cc1COC(=O)c1ncc(Cl)c(Cl)c1Cl. The smallest absolute Gasteiger partial charge is 0.358 e. The van der Waals surface area contributed by atoms with Crippen molar-refractivity contribution in [3.8, 4) is 5.75 Å². The predicted octanol–water partition coefficient (Wildman–Crippen LogP) is 4.61. The van der Waals surface area contributed by atoms with Crippen LogP contribution in [0.2, 0.25) is 15.1 Å². The molecule has 0 spiro atoms. The molecular weight excluding hydrogens is 377 g/mol. The Morgan fingerprint density at radius 2 is 1.88 bits per heavy atom. The van der Waals surface area contributed by atoms with Crippen LogP contribution in [0.15, 0.2) is 24.4 Å². The molecule has 0 radical (unpaired) electrons. The molecule has 5 nitrogen and oxygen atoms in total. The summed E-state index contributed by atoms with van der Waals surface area (Å²) in [6.07, 6.45) is 1.21. The number of rotatable bonds is 5. The molecule has 0 bridgehead atoms. The van der Waals surface area contributed by atoms with Crippen molar-refractivity contribution in [3.63, 3.8) is 0 Å². The van der Waals surface area contributed by atoms with E-state index in [0.29, 0.717) is 16.9 Å². The molecule has 126 valence electrons. The molecule has 0 unspecified atom stereocenters. The number of methoxy groups -OCH3 is 1. The number of nitrogens with zero attached hydrogens (tertiary/aromatic N) is 1. The van der Waals surface area contributed by atoms with Gasteiger partial charge in [-0.25, -0.2) is 9.78 Å². The molecule has 1 heterocycles. The quantitative estimate of drug-likeness (QED) is 0.553. The Bertz CT molecular complexity index is 808. The number of carbonyl (C=O) groups is 2. The van der Waals surface area contributed by atoms with Crippen molar-refractivity contribution in [2.75, 3.05) is 7.11 Å². The average Bonchev–Trinajstić information content (AvgIpc) is 2.57. The van der Waals surface area contributed by atoms with Gasteiger partial charge in [-0.3, -0.25) is 4.79 Å². The summed E-state index contributed by atoms with van der Waals surface area (Å²) >= 11 is 17.6. The Labute approximate surface area is 153 Å². The van der Waals surface area contributed by atoms with Gasteiger partial charge >= 0.3 is 5.97 Å². The molecule has 2 aromatic rings. The van der Waals surface area contributed by atoms with Crippen molar-refractivity contribution < 1.29 is 19.1 Å². The zero-order chi connectivity index (χ0) is 17.9. The maximum absolute atomic E-state index is 12.1. The van der Waals surface area contributed by atoms with Gasteiger partial charge in [0.15, 0.2) is 11.5 Å². The van der Waals surface area contributed by atoms with Crippen LogP contribution >= 0.6 is 34.8 Å². The fraction of sp³-hybridized carbons (Fsp3) is 0.188. The van der Waals surface area contributed by atoms with E-state index in [0.717, 1.165) is 0 Å². The van der Waals surface area contributed by atoms with Crippen molar-refractivity contribution in [1.29, 1.82) is 0 Å². The lowest BCUT2D eigenvalue weighted by Gasteiger charge is -2.11. The lowest BCUT2D eigenvalue weighted by molar-refractivity contribution is 0.0463. The van der Waals surface area contributed by atoms with Crippen LogP contribution in [-0.2, 0) is 11.3 Å². The normalized spacial score (nSPS) is 10.4.